The van der Waals surface area contributed by atoms with Crippen LogP contribution in [0.5, 0.6) is 0 Å². The average molecular weight is 294 g/mol. The highest BCUT2D eigenvalue weighted by Gasteiger charge is 2.33. The van der Waals surface area contributed by atoms with E-state index in [1.54, 1.807) is 6.92 Å². The average Bonchev–Trinajstić information content (AvgIpc) is 2.80. The van der Waals surface area contributed by atoms with Gasteiger partial charge in [0.15, 0.2) is 0 Å². The van der Waals surface area contributed by atoms with Crippen molar-refractivity contribution in [3.8, 4) is 0 Å². The van der Waals surface area contributed by atoms with E-state index in [1.165, 1.54) is 29.2 Å². The Bertz CT molecular complexity index is 559. The maximum Gasteiger partial charge on any atom is 0.396 e. The predicted molar refractivity (Wildman–Crippen MR) is 71.9 cm³/mol. The molecule has 1 fully saturated rings. The molecule has 0 aromatic heterocycles. The van der Waals surface area contributed by atoms with Crippen LogP contribution in [0.15, 0.2) is 24.3 Å². The number of rotatable bonds is 3. The van der Waals surface area contributed by atoms with Gasteiger partial charge in [-0.15, -0.1) is 0 Å². The first-order valence-corrected chi connectivity index (χ1v) is 6.54. The number of carbonyl (C=O) groups is 3. The van der Waals surface area contributed by atoms with E-state index in [0.717, 1.165) is 0 Å². The van der Waals surface area contributed by atoms with Crippen molar-refractivity contribution < 1.29 is 23.5 Å². The lowest BCUT2D eigenvalue weighted by molar-refractivity contribution is -0.154. The Hall–Kier alpha value is -2.44. The van der Waals surface area contributed by atoms with Crippen molar-refractivity contribution in [1.29, 1.82) is 0 Å². The van der Waals surface area contributed by atoms with E-state index in [9.17, 15) is 18.8 Å². The van der Waals surface area contributed by atoms with Crippen molar-refractivity contribution in [2.75, 3.05) is 18.1 Å². The fourth-order valence-electron chi connectivity index (χ4n) is 2.12. The van der Waals surface area contributed by atoms with E-state index in [-0.39, 0.29) is 25.5 Å². The molecule has 1 aromatic carbocycles. The maximum absolute atomic E-state index is 12.9. The SMILES string of the molecule is CCOC(=O)C(=O)NC1CC(=O)N(c2ccc(F)cc2)C1. The van der Waals surface area contributed by atoms with Crippen molar-refractivity contribution in [1.82, 2.24) is 5.32 Å². The fraction of sp³-hybridized carbons (Fsp3) is 0.357. The monoisotopic (exact) mass is 294 g/mol. The summed E-state index contributed by atoms with van der Waals surface area (Å²) in [6.45, 7) is 1.94. The minimum atomic E-state index is -0.967. The van der Waals surface area contributed by atoms with Gasteiger partial charge in [0.1, 0.15) is 5.82 Å². The zero-order valence-corrected chi connectivity index (χ0v) is 11.5. The molecule has 2 amide bonds. The highest BCUT2D eigenvalue weighted by molar-refractivity contribution is 6.32. The molecule has 0 radical (unpaired) electrons. The zero-order valence-electron chi connectivity index (χ0n) is 11.5. The third-order valence-corrected chi connectivity index (χ3v) is 3.06. The van der Waals surface area contributed by atoms with Gasteiger partial charge in [0, 0.05) is 18.7 Å². The molecule has 1 unspecified atom stereocenters. The van der Waals surface area contributed by atoms with Gasteiger partial charge in [-0.05, 0) is 31.2 Å². The molecule has 1 aliphatic heterocycles. The van der Waals surface area contributed by atoms with Gasteiger partial charge in [0.05, 0.1) is 12.6 Å². The van der Waals surface area contributed by atoms with Crippen LogP contribution in [0, 0.1) is 5.82 Å². The molecule has 112 valence electrons. The van der Waals surface area contributed by atoms with E-state index < -0.39 is 23.7 Å². The lowest BCUT2D eigenvalue weighted by atomic mass is 10.2. The highest BCUT2D eigenvalue weighted by Crippen LogP contribution is 2.21. The van der Waals surface area contributed by atoms with Gasteiger partial charge < -0.3 is 15.0 Å². The number of anilines is 1. The van der Waals surface area contributed by atoms with Crippen molar-refractivity contribution in [2.45, 2.75) is 19.4 Å². The summed E-state index contributed by atoms with van der Waals surface area (Å²) < 4.78 is 17.4. The number of nitrogens with zero attached hydrogens (tertiary/aromatic N) is 1. The summed E-state index contributed by atoms with van der Waals surface area (Å²) in [5.41, 5.74) is 0.550. The molecule has 0 aliphatic carbocycles. The first kappa shape index (κ1) is 15.0. The molecule has 1 N–H and O–H groups in total. The number of carbonyl (C=O) groups excluding carboxylic acids is 3. The lowest BCUT2D eigenvalue weighted by Gasteiger charge is -2.17. The van der Waals surface area contributed by atoms with Crippen LogP contribution in [0.3, 0.4) is 0 Å². The van der Waals surface area contributed by atoms with Crippen LogP contribution in [0.2, 0.25) is 0 Å². The minimum Gasteiger partial charge on any atom is -0.459 e. The van der Waals surface area contributed by atoms with E-state index in [0.29, 0.717) is 5.69 Å². The maximum atomic E-state index is 12.9. The number of nitrogens with one attached hydrogen (secondary N) is 1. The smallest absolute Gasteiger partial charge is 0.396 e. The molecule has 6 nitrogen and oxygen atoms in total. The summed E-state index contributed by atoms with van der Waals surface area (Å²) in [5.74, 6) is -2.42. The molecule has 1 heterocycles. The van der Waals surface area contributed by atoms with Crippen LogP contribution in [-0.4, -0.2) is 37.0 Å². The molecule has 21 heavy (non-hydrogen) atoms. The van der Waals surface area contributed by atoms with E-state index in [4.69, 9.17) is 0 Å². The van der Waals surface area contributed by atoms with Gasteiger partial charge >= 0.3 is 11.9 Å². The molecule has 1 aromatic rings. The van der Waals surface area contributed by atoms with Gasteiger partial charge in [-0.2, -0.15) is 0 Å². The normalized spacial score (nSPS) is 17.7. The standard InChI is InChI=1S/C14H15FN2O4/c1-2-21-14(20)13(19)16-10-7-12(18)17(8-10)11-5-3-9(15)4-6-11/h3-6,10H,2,7-8H2,1H3,(H,16,19). The van der Waals surface area contributed by atoms with Gasteiger partial charge in [-0.3, -0.25) is 9.59 Å². The number of hydrogen-bond acceptors (Lipinski definition) is 4. The quantitative estimate of drug-likeness (QED) is 0.654. The van der Waals surface area contributed by atoms with Crippen LogP contribution in [0.25, 0.3) is 0 Å². The topological polar surface area (TPSA) is 75.7 Å². The summed E-state index contributed by atoms with van der Waals surface area (Å²) >= 11 is 0. The Labute approximate surface area is 120 Å². The highest BCUT2D eigenvalue weighted by atomic mass is 19.1. The van der Waals surface area contributed by atoms with Crippen molar-refractivity contribution in [2.24, 2.45) is 0 Å². The second-order valence-corrected chi connectivity index (χ2v) is 4.58. The zero-order chi connectivity index (χ0) is 15.4. The lowest BCUT2D eigenvalue weighted by Crippen LogP contribution is -2.41. The molecule has 0 spiro atoms. The molecule has 1 atom stereocenters. The van der Waals surface area contributed by atoms with Crippen molar-refractivity contribution in [3.05, 3.63) is 30.1 Å². The van der Waals surface area contributed by atoms with Crippen LogP contribution >= 0.6 is 0 Å². The number of esters is 1. The van der Waals surface area contributed by atoms with Crippen molar-refractivity contribution >= 4 is 23.5 Å². The molecule has 0 bridgehead atoms. The van der Waals surface area contributed by atoms with E-state index in [1.807, 2.05) is 0 Å². The Morgan fingerprint density at radius 2 is 2.05 bits per heavy atom. The van der Waals surface area contributed by atoms with E-state index in [2.05, 4.69) is 10.1 Å². The molecular formula is C14H15FN2O4. The second kappa shape index (κ2) is 6.34. The largest absolute Gasteiger partial charge is 0.459 e. The van der Waals surface area contributed by atoms with Crippen LogP contribution in [0.1, 0.15) is 13.3 Å². The molecule has 2 rings (SSSR count). The Morgan fingerprint density at radius 1 is 1.38 bits per heavy atom. The molecule has 1 aliphatic rings. The number of halogens is 1. The van der Waals surface area contributed by atoms with Crippen LogP contribution in [0.4, 0.5) is 10.1 Å². The second-order valence-electron chi connectivity index (χ2n) is 4.58. The van der Waals surface area contributed by atoms with Crippen molar-refractivity contribution in [3.63, 3.8) is 0 Å². The van der Waals surface area contributed by atoms with E-state index >= 15 is 0 Å². The first-order valence-electron chi connectivity index (χ1n) is 6.54. The number of amides is 2. The summed E-state index contributed by atoms with van der Waals surface area (Å²) in [6, 6.07) is 5.02. The molecule has 7 heteroatoms. The minimum absolute atomic E-state index is 0.0858. The predicted octanol–water partition coefficient (Wildman–Crippen LogP) is 0.610. The summed E-state index contributed by atoms with van der Waals surface area (Å²) in [6.07, 6.45) is 0.0858. The molecule has 1 saturated heterocycles. The third kappa shape index (κ3) is 3.56. The van der Waals surface area contributed by atoms with Crippen LogP contribution in [-0.2, 0) is 19.1 Å². The summed E-state index contributed by atoms with van der Waals surface area (Å²) in [4.78, 5) is 36.1. The van der Waals surface area contributed by atoms with Gasteiger partial charge in [-0.25, -0.2) is 9.18 Å². The summed E-state index contributed by atoms with van der Waals surface area (Å²) in [5, 5.41) is 2.45. The molecule has 0 saturated carbocycles. The first-order chi connectivity index (χ1) is 10.0. The molecular weight excluding hydrogens is 279 g/mol. The van der Waals surface area contributed by atoms with Crippen LogP contribution < -0.4 is 10.2 Å². The number of hydrogen-bond donors (Lipinski definition) is 1. The third-order valence-electron chi connectivity index (χ3n) is 3.06. The van der Waals surface area contributed by atoms with Gasteiger partial charge in [0.25, 0.3) is 0 Å². The van der Waals surface area contributed by atoms with Gasteiger partial charge in [-0.1, -0.05) is 0 Å². The van der Waals surface area contributed by atoms with Gasteiger partial charge in [0.2, 0.25) is 5.91 Å². The number of ether oxygens (including phenoxy) is 1. The Morgan fingerprint density at radius 3 is 2.67 bits per heavy atom. The Kier molecular flexibility index (Phi) is 4.52. The fourth-order valence-corrected chi connectivity index (χ4v) is 2.12. The Balaban J connectivity index is 1.98. The number of benzene rings is 1. The summed E-state index contributed by atoms with van der Waals surface area (Å²) in [7, 11) is 0.